The van der Waals surface area contributed by atoms with Gasteiger partial charge in [-0.25, -0.2) is 8.42 Å². The van der Waals surface area contributed by atoms with E-state index in [0.717, 1.165) is 16.3 Å². The molecule has 22 heavy (non-hydrogen) atoms. The maximum Gasteiger partial charge on any atom is 0.185 e. The maximum atomic E-state index is 10.6. The zero-order valence-corrected chi connectivity index (χ0v) is 19.1. The van der Waals surface area contributed by atoms with Crippen molar-refractivity contribution in [1.29, 1.82) is 0 Å². The number of ether oxygens (including phenoxy) is 3. The van der Waals surface area contributed by atoms with E-state index in [2.05, 4.69) is 67.8 Å². The van der Waals surface area contributed by atoms with E-state index in [4.69, 9.17) is 14.2 Å². The molecule has 0 unspecified atom stereocenters. The van der Waals surface area contributed by atoms with Crippen LogP contribution in [0.3, 0.4) is 0 Å². The van der Waals surface area contributed by atoms with Crippen LogP contribution in [0.5, 0.6) is 5.75 Å². The Morgan fingerprint density at radius 3 is 2.27 bits per heavy atom. The molecule has 0 amide bonds. The van der Waals surface area contributed by atoms with Gasteiger partial charge < -0.3 is 18.8 Å². The number of halogens is 3. The molecule has 1 aromatic rings. The number of hydrogen-bond donors (Lipinski definition) is 0. The Hall–Kier alpha value is 1.04. The molecular formula is C12H14I3O6S-. The highest BCUT2D eigenvalue weighted by molar-refractivity contribution is 14.1. The summed E-state index contributed by atoms with van der Waals surface area (Å²) >= 11 is 6.50. The second kappa shape index (κ2) is 9.50. The largest absolute Gasteiger partial charge is 0.748 e. The second-order valence-electron chi connectivity index (χ2n) is 4.16. The predicted molar refractivity (Wildman–Crippen MR) is 106 cm³/mol. The summed E-state index contributed by atoms with van der Waals surface area (Å²) in [6.07, 6.45) is -0.364. The lowest BCUT2D eigenvalue weighted by molar-refractivity contribution is -0.107. The van der Waals surface area contributed by atoms with Gasteiger partial charge in [0.15, 0.2) is 6.29 Å². The van der Waals surface area contributed by atoms with E-state index < -0.39 is 22.2 Å². The summed E-state index contributed by atoms with van der Waals surface area (Å²) in [4.78, 5) is 0. The van der Waals surface area contributed by atoms with E-state index >= 15 is 0 Å². The van der Waals surface area contributed by atoms with Crippen LogP contribution in [0.4, 0.5) is 0 Å². The van der Waals surface area contributed by atoms with E-state index in [0.29, 0.717) is 5.75 Å². The van der Waals surface area contributed by atoms with Gasteiger partial charge in [0.1, 0.15) is 5.75 Å². The first-order valence-electron chi connectivity index (χ1n) is 6.00. The summed E-state index contributed by atoms with van der Waals surface area (Å²) in [5.74, 6) is 0.204. The molecular weight excluding hydrogens is 653 g/mol. The Bertz CT molecular complexity index is 616. The number of rotatable bonds is 8. The van der Waals surface area contributed by atoms with Crippen molar-refractivity contribution in [3.63, 3.8) is 0 Å². The highest BCUT2D eigenvalue weighted by Gasteiger charge is 2.22. The van der Waals surface area contributed by atoms with E-state index in [1.54, 1.807) is 14.2 Å². The van der Waals surface area contributed by atoms with Crippen molar-refractivity contribution >= 4 is 77.9 Å². The lowest BCUT2D eigenvalue weighted by Crippen LogP contribution is -2.13. The molecule has 0 atom stereocenters. The highest BCUT2D eigenvalue weighted by Crippen LogP contribution is 2.37. The quantitative estimate of drug-likeness (QED) is 0.184. The van der Waals surface area contributed by atoms with E-state index in [1.165, 1.54) is 0 Å². The van der Waals surface area contributed by atoms with Gasteiger partial charge in [0.25, 0.3) is 0 Å². The SMILES string of the molecule is COC(OC)c1c(I)cc(I)c(OCCCS(=O)(=O)[O-])c1I. The number of hydrogen-bond acceptors (Lipinski definition) is 6. The molecule has 1 rings (SSSR count). The molecule has 0 aliphatic carbocycles. The normalized spacial score (nSPS) is 12.0. The zero-order valence-electron chi connectivity index (χ0n) is 11.8. The van der Waals surface area contributed by atoms with Crippen molar-refractivity contribution in [2.75, 3.05) is 26.6 Å². The molecule has 10 heteroatoms. The van der Waals surface area contributed by atoms with E-state index in [-0.39, 0.29) is 13.0 Å². The monoisotopic (exact) mass is 667 g/mol. The molecule has 0 spiro atoms. The molecule has 0 N–H and O–H groups in total. The van der Waals surface area contributed by atoms with Gasteiger partial charge in [-0.15, -0.1) is 0 Å². The van der Waals surface area contributed by atoms with Crippen LogP contribution in [-0.4, -0.2) is 39.5 Å². The summed E-state index contributed by atoms with van der Waals surface area (Å²) < 4.78 is 50.8. The molecule has 0 saturated heterocycles. The first-order valence-corrected chi connectivity index (χ1v) is 10.8. The second-order valence-corrected chi connectivity index (χ2v) is 9.09. The summed E-state index contributed by atoms with van der Waals surface area (Å²) in [7, 11) is -1.10. The lowest BCUT2D eigenvalue weighted by Gasteiger charge is -2.20. The molecule has 126 valence electrons. The zero-order chi connectivity index (χ0) is 16.9. The Morgan fingerprint density at radius 1 is 1.18 bits per heavy atom. The maximum absolute atomic E-state index is 10.6. The molecule has 0 fully saturated rings. The van der Waals surface area contributed by atoms with Crippen molar-refractivity contribution in [3.05, 3.63) is 22.3 Å². The third-order valence-corrected chi connectivity index (χ3v) is 6.17. The molecule has 0 aromatic heterocycles. The van der Waals surface area contributed by atoms with Gasteiger partial charge in [-0.05, 0) is 80.3 Å². The fraction of sp³-hybridized carbons (Fsp3) is 0.500. The van der Waals surface area contributed by atoms with Crippen LogP contribution >= 0.6 is 67.8 Å². The third-order valence-electron chi connectivity index (χ3n) is 2.61. The minimum atomic E-state index is -4.21. The average molecular weight is 667 g/mol. The van der Waals surface area contributed by atoms with Crippen LogP contribution in [0.2, 0.25) is 0 Å². The van der Waals surface area contributed by atoms with Crippen LogP contribution in [0.25, 0.3) is 0 Å². The van der Waals surface area contributed by atoms with Gasteiger partial charge in [0.05, 0.1) is 23.9 Å². The number of benzene rings is 1. The molecule has 0 saturated carbocycles. The van der Waals surface area contributed by atoms with Gasteiger partial charge >= 0.3 is 0 Å². The molecule has 0 aliphatic rings. The van der Waals surface area contributed by atoms with Crippen molar-refractivity contribution in [2.45, 2.75) is 12.7 Å². The summed E-state index contributed by atoms with van der Waals surface area (Å²) in [6.45, 7) is 0.151. The van der Waals surface area contributed by atoms with Crippen molar-refractivity contribution < 1.29 is 27.2 Å². The van der Waals surface area contributed by atoms with Crippen LogP contribution < -0.4 is 4.74 Å². The first kappa shape index (κ1) is 21.1. The molecule has 6 nitrogen and oxygen atoms in total. The van der Waals surface area contributed by atoms with Gasteiger partial charge in [-0.1, -0.05) is 0 Å². The summed E-state index contributed by atoms with van der Waals surface area (Å²) in [5.41, 5.74) is 0.859. The van der Waals surface area contributed by atoms with Crippen molar-refractivity contribution in [3.8, 4) is 5.75 Å². The highest BCUT2D eigenvalue weighted by atomic mass is 127. The molecule has 0 aliphatic heterocycles. The van der Waals surface area contributed by atoms with E-state index in [1.807, 2.05) is 6.07 Å². The minimum Gasteiger partial charge on any atom is -0.748 e. The molecule has 0 heterocycles. The molecule has 1 aromatic carbocycles. The first-order chi connectivity index (χ1) is 10.2. The predicted octanol–water partition coefficient (Wildman–Crippen LogP) is 3.11. The standard InChI is InChI=1S/C12H15I3O6S/c1-19-12(20-2)9-7(13)6-8(14)11(10(9)15)21-4-3-5-22(16,17)18/h6,12H,3-5H2,1-2H3,(H,16,17,18)/p-1. The summed E-state index contributed by atoms with van der Waals surface area (Å²) in [6, 6.07) is 1.93. The van der Waals surface area contributed by atoms with Crippen LogP contribution in [0.15, 0.2) is 6.07 Å². The number of methoxy groups -OCH3 is 2. The minimum absolute atomic E-state index is 0.150. The van der Waals surface area contributed by atoms with Crippen LogP contribution in [0.1, 0.15) is 18.3 Å². The Morgan fingerprint density at radius 2 is 1.77 bits per heavy atom. The van der Waals surface area contributed by atoms with Crippen molar-refractivity contribution in [1.82, 2.24) is 0 Å². The van der Waals surface area contributed by atoms with Gasteiger partial charge in [0.2, 0.25) is 0 Å². The smallest absolute Gasteiger partial charge is 0.185 e. The lowest BCUT2D eigenvalue weighted by atomic mass is 10.2. The van der Waals surface area contributed by atoms with Gasteiger partial charge in [-0.2, -0.15) is 0 Å². The molecule has 0 radical (unpaired) electrons. The topological polar surface area (TPSA) is 84.9 Å². The van der Waals surface area contributed by atoms with Crippen molar-refractivity contribution in [2.24, 2.45) is 0 Å². The van der Waals surface area contributed by atoms with E-state index in [9.17, 15) is 13.0 Å². The van der Waals surface area contributed by atoms with Crippen LogP contribution in [-0.2, 0) is 19.6 Å². The Balaban J connectivity index is 2.97. The Kier molecular flexibility index (Phi) is 9.11. The summed E-state index contributed by atoms with van der Waals surface area (Å²) in [5, 5.41) is 0. The fourth-order valence-corrected chi connectivity index (χ4v) is 6.34. The average Bonchev–Trinajstić information content (AvgIpc) is 2.41. The van der Waals surface area contributed by atoms with Crippen LogP contribution in [0, 0.1) is 10.7 Å². The van der Waals surface area contributed by atoms with Gasteiger partial charge in [-0.3, -0.25) is 0 Å². The third kappa shape index (κ3) is 6.16. The van der Waals surface area contributed by atoms with Gasteiger partial charge in [0, 0.05) is 29.1 Å². The molecule has 0 bridgehead atoms. The fourth-order valence-electron chi connectivity index (χ4n) is 1.68. The Labute approximate surface area is 170 Å².